The Bertz CT molecular complexity index is 786. The predicted molar refractivity (Wildman–Crippen MR) is 96.0 cm³/mol. The number of hydrogen-bond acceptors (Lipinski definition) is 3. The number of carbonyl (C=O) groups excluding carboxylic acids is 3. The maximum absolute atomic E-state index is 12.9. The van der Waals surface area contributed by atoms with Crippen LogP contribution >= 0.6 is 0 Å². The number of nitrogens with zero attached hydrogens (tertiary/aromatic N) is 1. The van der Waals surface area contributed by atoms with Crippen molar-refractivity contribution >= 4 is 17.6 Å². The second kappa shape index (κ2) is 8.89. The summed E-state index contributed by atoms with van der Waals surface area (Å²) in [5.41, 5.74) is 2.03. The van der Waals surface area contributed by atoms with Crippen LogP contribution in [0.2, 0.25) is 0 Å². The van der Waals surface area contributed by atoms with Crippen molar-refractivity contribution in [2.45, 2.75) is 20.4 Å². The van der Waals surface area contributed by atoms with Crippen molar-refractivity contribution in [3.8, 4) is 0 Å². The summed E-state index contributed by atoms with van der Waals surface area (Å²) in [6.07, 6.45) is 0. The Kier molecular flexibility index (Phi) is 6.60. The third kappa shape index (κ3) is 5.24. The zero-order valence-electron chi connectivity index (χ0n) is 14.8. The van der Waals surface area contributed by atoms with Crippen LogP contribution in [0.5, 0.6) is 0 Å². The van der Waals surface area contributed by atoms with E-state index in [0.717, 1.165) is 11.1 Å². The minimum absolute atomic E-state index is 0.214. The zero-order valence-corrected chi connectivity index (χ0v) is 14.8. The topological polar surface area (TPSA) is 66.5 Å². The highest BCUT2D eigenvalue weighted by molar-refractivity contribution is 6.42. The number of hydrogen-bond donors (Lipinski definition) is 1. The van der Waals surface area contributed by atoms with Crippen LogP contribution in [-0.4, -0.2) is 35.6 Å². The number of Topliss-reactive ketones (excluding diaryl/α,β-unsaturated/α-hetero) is 1. The van der Waals surface area contributed by atoms with Crippen LogP contribution in [0.15, 0.2) is 48.5 Å². The molecule has 2 amide bonds. The van der Waals surface area contributed by atoms with Gasteiger partial charge >= 0.3 is 0 Å². The first-order valence-corrected chi connectivity index (χ1v) is 8.32. The highest BCUT2D eigenvalue weighted by Gasteiger charge is 2.23. The lowest BCUT2D eigenvalue weighted by Gasteiger charge is -2.19. The molecule has 0 aromatic heterocycles. The first kappa shape index (κ1) is 19.3. The molecular formula is C20H21FN2O3. The fourth-order valence-corrected chi connectivity index (χ4v) is 2.33. The van der Waals surface area contributed by atoms with E-state index in [1.165, 1.54) is 17.0 Å². The van der Waals surface area contributed by atoms with Crippen LogP contribution in [0.1, 0.15) is 28.4 Å². The molecule has 0 heterocycles. The monoisotopic (exact) mass is 356 g/mol. The van der Waals surface area contributed by atoms with E-state index in [9.17, 15) is 18.8 Å². The summed E-state index contributed by atoms with van der Waals surface area (Å²) in [6, 6.07) is 12.5. The lowest BCUT2D eigenvalue weighted by atomic mass is 10.1. The van der Waals surface area contributed by atoms with Crippen molar-refractivity contribution in [2.75, 3.05) is 13.1 Å². The summed E-state index contributed by atoms with van der Waals surface area (Å²) in [6.45, 7) is 3.83. The Morgan fingerprint density at radius 1 is 1.00 bits per heavy atom. The SMILES string of the molecule is CCN(CC(=O)NCc1ccc(F)cc1)C(=O)C(=O)c1ccc(C)cc1. The van der Waals surface area contributed by atoms with Crippen molar-refractivity contribution in [3.63, 3.8) is 0 Å². The van der Waals surface area contributed by atoms with Gasteiger partial charge in [-0.1, -0.05) is 42.0 Å². The molecule has 0 aliphatic rings. The number of amides is 2. The summed E-state index contributed by atoms with van der Waals surface area (Å²) in [5.74, 6) is -2.09. The predicted octanol–water partition coefficient (Wildman–Crippen LogP) is 2.48. The van der Waals surface area contributed by atoms with Gasteiger partial charge in [0.05, 0.1) is 6.54 Å². The number of benzene rings is 2. The maximum atomic E-state index is 12.9. The average molecular weight is 356 g/mol. The molecule has 136 valence electrons. The van der Waals surface area contributed by atoms with Crippen LogP contribution < -0.4 is 5.32 Å². The lowest BCUT2D eigenvalue weighted by molar-refractivity contribution is -0.132. The maximum Gasteiger partial charge on any atom is 0.295 e. The van der Waals surface area contributed by atoms with Gasteiger partial charge in [-0.05, 0) is 31.5 Å². The van der Waals surface area contributed by atoms with Crippen molar-refractivity contribution in [1.82, 2.24) is 10.2 Å². The van der Waals surface area contributed by atoms with Gasteiger partial charge in [-0.25, -0.2) is 4.39 Å². The Morgan fingerprint density at radius 3 is 2.19 bits per heavy atom. The third-order valence-electron chi connectivity index (χ3n) is 3.91. The van der Waals surface area contributed by atoms with Gasteiger partial charge in [0, 0.05) is 18.7 Å². The number of halogens is 1. The molecule has 0 aliphatic carbocycles. The van der Waals surface area contributed by atoms with Gasteiger partial charge in [0.25, 0.3) is 5.91 Å². The number of carbonyl (C=O) groups is 3. The van der Waals surface area contributed by atoms with E-state index in [-0.39, 0.29) is 31.4 Å². The Morgan fingerprint density at radius 2 is 1.62 bits per heavy atom. The number of likely N-dealkylation sites (N-methyl/N-ethyl adjacent to an activating group) is 1. The number of aryl methyl sites for hydroxylation is 1. The zero-order chi connectivity index (χ0) is 19.1. The molecule has 2 aromatic carbocycles. The van der Waals surface area contributed by atoms with Gasteiger partial charge in [-0.3, -0.25) is 14.4 Å². The van der Waals surface area contributed by atoms with Crippen molar-refractivity contribution in [1.29, 1.82) is 0 Å². The van der Waals surface area contributed by atoms with Gasteiger partial charge < -0.3 is 10.2 Å². The molecule has 0 unspecified atom stereocenters. The molecule has 26 heavy (non-hydrogen) atoms. The highest BCUT2D eigenvalue weighted by atomic mass is 19.1. The molecule has 0 fully saturated rings. The fourth-order valence-electron chi connectivity index (χ4n) is 2.33. The van der Waals surface area contributed by atoms with Crippen LogP contribution in [0.25, 0.3) is 0 Å². The van der Waals surface area contributed by atoms with Gasteiger partial charge in [-0.2, -0.15) is 0 Å². The normalized spacial score (nSPS) is 10.3. The van der Waals surface area contributed by atoms with Gasteiger partial charge in [-0.15, -0.1) is 0 Å². The second-order valence-corrected chi connectivity index (χ2v) is 5.92. The van der Waals surface area contributed by atoms with E-state index in [4.69, 9.17) is 0 Å². The van der Waals surface area contributed by atoms with Crippen LogP contribution in [-0.2, 0) is 16.1 Å². The van der Waals surface area contributed by atoms with Crippen molar-refractivity contribution in [3.05, 3.63) is 71.0 Å². The first-order chi connectivity index (χ1) is 12.4. The number of nitrogens with one attached hydrogen (secondary N) is 1. The smallest absolute Gasteiger partial charge is 0.295 e. The lowest BCUT2D eigenvalue weighted by Crippen LogP contribution is -2.43. The van der Waals surface area contributed by atoms with E-state index in [2.05, 4.69) is 5.32 Å². The first-order valence-electron chi connectivity index (χ1n) is 8.32. The van der Waals surface area contributed by atoms with Crippen LogP contribution in [0.3, 0.4) is 0 Å². The summed E-state index contributed by atoms with van der Waals surface area (Å²) in [4.78, 5) is 37.9. The van der Waals surface area contributed by atoms with E-state index in [0.29, 0.717) is 5.56 Å². The molecular weight excluding hydrogens is 335 g/mol. The van der Waals surface area contributed by atoms with Gasteiger partial charge in [0.1, 0.15) is 5.82 Å². The van der Waals surface area contributed by atoms with E-state index < -0.39 is 11.7 Å². The van der Waals surface area contributed by atoms with E-state index in [1.807, 2.05) is 6.92 Å². The van der Waals surface area contributed by atoms with Crippen molar-refractivity contribution in [2.24, 2.45) is 0 Å². The molecule has 0 radical (unpaired) electrons. The molecule has 0 bridgehead atoms. The quantitative estimate of drug-likeness (QED) is 0.612. The molecule has 6 heteroatoms. The van der Waals surface area contributed by atoms with Crippen LogP contribution in [0.4, 0.5) is 4.39 Å². The highest BCUT2D eigenvalue weighted by Crippen LogP contribution is 2.07. The average Bonchev–Trinajstić information content (AvgIpc) is 2.65. The summed E-state index contributed by atoms with van der Waals surface area (Å²) < 4.78 is 12.9. The van der Waals surface area contributed by atoms with Crippen molar-refractivity contribution < 1.29 is 18.8 Å². The molecule has 2 rings (SSSR count). The number of rotatable bonds is 7. The largest absolute Gasteiger partial charge is 0.350 e. The van der Waals surface area contributed by atoms with E-state index in [1.54, 1.807) is 43.3 Å². The summed E-state index contributed by atoms with van der Waals surface area (Å²) >= 11 is 0. The van der Waals surface area contributed by atoms with Gasteiger partial charge in [0.15, 0.2) is 0 Å². The molecule has 0 aliphatic heterocycles. The molecule has 1 N–H and O–H groups in total. The Labute approximate surface area is 151 Å². The molecule has 5 nitrogen and oxygen atoms in total. The summed E-state index contributed by atoms with van der Waals surface area (Å²) in [5, 5.41) is 2.66. The standard InChI is InChI=1S/C20H21FN2O3/c1-3-23(20(26)19(25)16-8-4-14(2)5-9-16)13-18(24)22-12-15-6-10-17(21)11-7-15/h4-11H,3,12-13H2,1-2H3,(H,22,24). The molecule has 0 saturated heterocycles. The molecule has 0 spiro atoms. The van der Waals surface area contributed by atoms with E-state index >= 15 is 0 Å². The third-order valence-corrected chi connectivity index (χ3v) is 3.91. The second-order valence-electron chi connectivity index (χ2n) is 5.92. The Balaban J connectivity index is 1.93. The summed E-state index contributed by atoms with van der Waals surface area (Å²) in [7, 11) is 0. The number of ketones is 1. The van der Waals surface area contributed by atoms with Crippen LogP contribution in [0, 0.1) is 12.7 Å². The minimum Gasteiger partial charge on any atom is -0.350 e. The molecule has 2 aromatic rings. The fraction of sp³-hybridized carbons (Fsp3) is 0.250. The molecule has 0 saturated carbocycles. The Hall–Kier alpha value is -3.02. The van der Waals surface area contributed by atoms with Gasteiger partial charge in [0.2, 0.25) is 11.7 Å². The molecule has 0 atom stereocenters. The minimum atomic E-state index is -0.715.